The molecule has 0 atom stereocenters. The number of hydrogen-bond donors (Lipinski definition) is 2. The summed E-state index contributed by atoms with van der Waals surface area (Å²) in [4.78, 5) is 25.0. The Bertz CT molecular complexity index is 1590. The average Bonchev–Trinajstić information content (AvgIpc) is 3.50. The highest BCUT2D eigenvalue weighted by atomic mass is 35.5. The Balaban J connectivity index is 1.02. The minimum atomic E-state index is -1.03. The monoisotopic (exact) mass is 603 g/mol. The lowest BCUT2D eigenvalue weighted by molar-refractivity contribution is 0.0687. The summed E-state index contributed by atoms with van der Waals surface area (Å²) in [6.07, 6.45) is 3.38. The number of ether oxygens (including phenoxy) is 2. The van der Waals surface area contributed by atoms with E-state index in [1.54, 1.807) is 10.9 Å². The van der Waals surface area contributed by atoms with Crippen LogP contribution >= 0.6 is 11.6 Å². The van der Waals surface area contributed by atoms with Gasteiger partial charge >= 0.3 is 5.97 Å². The molecule has 1 aliphatic carbocycles. The van der Waals surface area contributed by atoms with Gasteiger partial charge in [0, 0.05) is 55.1 Å². The summed E-state index contributed by atoms with van der Waals surface area (Å²) in [6.45, 7) is 6.38. The highest BCUT2D eigenvalue weighted by Gasteiger charge is 2.27. The fourth-order valence-electron chi connectivity index (χ4n) is 5.55. The quantitative estimate of drug-likeness (QED) is 0.244. The number of rotatable bonds is 11. The molecule has 0 bridgehead atoms. The van der Waals surface area contributed by atoms with Crippen molar-refractivity contribution in [1.82, 2.24) is 24.6 Å². The van der Waals surface area contributed by atoms with Crippen LogP contribution in [0.4, 0.5) is 11.8 Å². The molecule has 224 valence electrons. The van der Waals surface area contributed by atoms with Crippen LogP contribution in [0.15, 0.2) is 54.7 Å². The van der Waals surface area contributed by atoms with Crippen LogP contribution in [0.2, 0.25) is 5.02 Å². The SMILES string of the molecule is Nc1nc2c(c(N3CCN(CCOCCn4ccc(C(=O)O)n4)CC3)n1)CCc1cc(OCc3ccc(Cl)cc3)ccc1-2. The minimum absolute atomic E-state index is 0.0405. The predicted octanol–water partition coefficient (Wildman–Crippen LogP) is 3.79. The molecule has 3 N–H and O–H groups in total. The number of piperazine rings is 1. The predicted molar refractivity (Wildman–Crippen MR) is 164 cm³/mol. The second-order valence-corrected chi connectivity index (χ2v) is 11.1. The topological polar surface area (TPSA) is 132 Å². The molecule has 4 aromatic rings. The van der Waals surface area contributed by atoms with Crippen LogP contribution < -0.4 is 15.4 Å². The summed E-state index contributed by atoms with van der Waals surface area (Å²) < 4.78 is 13.4. The fourth-order valence-corrected chi connectivity index (χ4v) is 5.67. The summed E-state index contributed by atoms with van der Waals surface area (Å²) in [5.74, 6) is 1.02. The van der Waals surface area contributed by atoms with Crippen LogP contribution in [0.3, 0.4) is 0 Å². The molecule has 2 aromatic carbocycles. The van der Waals surface area contributed by atoms with Gasteiger partial charge in [0.1, 0.15) is 18.2 Å². The zero-order valence-electron chi connectivity index (χ0n) is 23.8. The smallest absolute Gasteiger partial charge is 0.356 e. The fraction of sp³-hybridized carbons (Fsp3) is 0.355. The maximum Gasteiger partial charge on any atom is 0.356 e. The number of benzene rings is 2. The molecule has 12 heteroatoms. The third kappa shape index (κ3) is 6.90. The third-order valence-corrected chi connectivity index (χ3v) is 8.10. The molecule has 0 spiro atoms. The highest BCUT2D eigenvalue weighted by Crippen LogP contribution is 2.38. The number of halogens is 1. The Morgan fingerprint density at radius 2 is 1.77 bits per heavy atom. The van der Waals surface area contributed by atoms with Gasteiger partial charge in [0.15, 0.2) is 5.69 Å². The van der Waals surface area contributed by atoms with Gasteiger partial charge in [0.05, 0.1) is 25.5 Å². The Labute approximate surface area is 254 Å². The van der Waals surface area contributed by atoms with Gasteiger partial charge in [-0.2, -0.15) is 10.1 Å². The Kier molecular flexibility index (Phi) is 8.73. The van der Waals surface area contributed by atoms with Crippen molar-refractivity contribution in [3.63, 3.8) is 0 Å². The van der Waals surface area contributed by atoms with Crippen molar-refractivity contribution >= 4 is 29.3 Å². The number of hydrogen-bond acceptors (Lipinski definition) is 9. The van der Waals surface area contributed by atoms with E-state index in [0.717, 1.165) is 79.5 Å². The van der Waals surface area contributed by atoms with Gasteiger partial charge in [-0.3, -0.25) is 9.58 Å². The number of aromatic nitrogens is 4. The molecular formula is C31H34ClN7O4. The minimum Gasteiger partial charge on any atom is -0.489 e. The number of aryl methyl sites for hydroxylation is 1. The number of nitrogens with two attached hydrogens (primary N) is 1. The largest absolute Gasteiger partial charge is 0.489 e. The lowest BCUT2D eigenvalue weighted by Gasteiger charge is -2.37. The molecule has 0 radical (unpaired) electrons. The van der Waals surface area contributed by atoms with Crippen LogP contribution in [0.5, 0.6) is 5.75 Å². The lowest BCUT2D eigenvalue weighted by atomic mass is 9.88. The molecule has 11 nitrogen and oxygen atoms in total. The Hall–Kier alpha value is -4.19. The average molecular weight is 604 g/mol. The van der Waals surface area contributed by atoms with Crippen LogP contribution in [0, 0.1) is 0 Å². The first-order valence-corrected chi connectivity index (χ1v) is 14.8. The van der Waals surface area contributed by atoms with Crippen LogP contribution in [0.1, 0.15) is 27.2 Å². The van der Waals surface area contributed by atoms with Gasteiger partial charge in [0.2, 0.25) is 5.95 Å². The van der Waals surface area contributed by atoms with Crippen molar-refractivity contribution < 1.29 is 19.4 Å². The van der Waals surface area contributed by atoms with Crippen LogP contribution in [-0.2, 0) is 30.7 Å². The standard InChI is InChI=1S/C31H34ClN7O4/c32-23-4-1-21(2-5-23)20-43-24-6-8-25-22(19-24)3-7-26-28(25)34-31(33)35-29(26)38-13-11-37(12-14-38)15-17-42-18-16-39-10-9-27(36-39)30(40)41/h1-2,4-6,8-10,19H,3,7,11-18,20H2,(H,40,41)(H2,33,34,35). The van der Waals surface area contributed by atoms with Gasteiger partial charge in [0.25, 0.3) is 0 Å². The van der Waals surface area contributed by atoms with E-state index >= 15 is 0 Å². The highest BCUT2D eigenvalue weighted by molar-refractivity contribution is 6.30. The molecule has 1 saturated heterocycles. The second-order valence-electron chi connectivity index (χ2n) is 10.7. The maximum atomic E-state index is 11.0. The summed E-state index contributed by atoms with van der Waals surface area (Å²) in [6, 6.07) is 15.3. The molecule has 1 aliphatic heterocycles. The number of aromatic carboxylic acids is 1. The molecule has 0 saturated carbocycles. The van der Waals surface area contributed by atoms with E-state index in [2.05, 4.69) is 32.0 Å². The molecule has 1 fully saturated rings. The van der Waals surface area contributed by atoms with E-state index in [1.165, 1.54) is 11.6 Å². The van der Waals surface area contributed by atoms with Crippen molar-refractivity contribution in [2.24, 2.45) is 0 Å². The summed E-state index contributed by atoms with van der Waals surface area (Å²) in [7, 11) is 0. The number of nitrogen functional groups attached to an aromatic ring is 1. The molecule has 3 heterocycles. The number of nitrogens with zero attached hydrogens (tertiary/aromatic N) is 6. The number of carboxylic acid groups (broad SMARTS) is 1. The van der Waals surface area contributed by atoms with E-state index in [1.807, 2.05) is 30.3 Å². The first-order chi connectivity index (χ1) is 20.9. The van der Waals surface area contributed by atoms with E-state index in [-0.39, 0.29) is 11.6 Å². The lowest BCUT2D eigenvalue weighted by Crippen LogP contribution is -2.48. The normalized spacial score (nSPS) is 14.8. The van der Waals surface area contributed by atoms with E-state index in [9.17, 15) is 4.79 Å². The molecule has 2 aliphatic rings. The third-order valence-electron chi connectivity index (χ3n) is 7.85. The zero-order chi connectivity index (χ0) is 29.8. The first kappa shape index (κ1) is 28.9. The van der Waals surface area contributed by atoms with Crippen LogP contribution in [0.25, 0.3) is 11.3 Å². The Morgan fingerprint density at radius 1 is 0.977 bits per heavy atom. The van der Waals surface area contributed by atoms with E-state index in [0.29, 0.717) is 31.4 Å². The van der Waals surface area contributed by atoms with Gasteiger partial charge in [-0.05, 0) is 60.4 Å². The van der Waals surface area contributed by atoms with E-state index < -0.39 is 5.97 Å². The molecule has 2 aromatic heterocycles. The van der Waals surface area contributed by atoms with Crippen molar-refractivity contribution in [1.29, 1.82) is 0 Å². The number of anilines is 2. The van der Waals surface area contributed by atoms with Gasteiger partial charge in [-0.15, -0.1) is 0 Å². The number of fused-ring (bicyclic) bond motifs is 3. The van der Waals surface area contributed by atoms with Crippen molar-refractivity contribution in [2.75, 3.05) is 56.6 Å². The van der Waals surface area contributed by atoms with Gasteiger partial charge in [-0.1, -0.05) is 23.7 Å². The molecule has 0 unspecified atom stereocenters. The van der Waals surface area contributed by atoms with Crippen molar-refractivity contribution in [3.8, 4) is 17.0 Å². The number of carbonyl (C=O) groups is 1. The maximum absolute atomic E-state index is 11.0. The summed E-state index contributed by atoms with van der Waals surface area (Å²) in [5.41, 5.74) is 11.7. The van der Waals surface area contributed by atoms with Crippen molar-refractivity contribution in [2.45, 2.75) is 26.0 Å². The molecular weight excluding hydrogens is 570 g/mol. The van der Waals surface area contributed by atoms with Gasteiger partial charge in [-0.25, -0.2) is 9.78 Å². The summed E-state index contributed by atoms with van der Waals surface area (Å²) in [5, 5.41) is 13.7. The zero-order valence-corrected chi connectivity index (χ0v) is 24.5. The molecule has 6 rings (SSSR count). The second kappa shape index (κ2) is 13.0. The first-order valence-electron chi connectivity index (χ1n) is 14.4. The Morgan fingerprint density at radius 3 is 2.53 bits per heavy atom. The summed E-state index contributed by atoms with van der Waals surface area (Å²) >= 11 is 5.99. The van der Waals surface area contributed by atoms with E-state index in [4.69, 9.17) is 36.9 Å². The van der Waals surface area contributed by atoms with Gasteiger partial charge < -0.3 is 25.2 Å². The van der Waals surface area contributed by atoms with Crippen molar-refractivity contribution in [3.05, 3.63) is 82.1 Å². The number of carboxylic acids is 1. The molecule has 0 amide bonds. The van der Waals surface area contributed by atoms with Crippen LogP contribution in [-0.4, -0.2) is 81.7 Å². The molecule has 43 heavy (non-hydrogen) atoms.